The highest BCUT2D eigenvalue weighted by Crippen LogP contribution is 2.21. The summed E-state index contributed by atoms with van der Waals surface area (Å²) in [6.45, 7) is 5.46. The fourth-order valence-corrected chi connectivity index (χ4v) is 3.68. The van der Waals surface area contributed by atoms with Crippen LogP contribution in [0.15, 0.2) is 6.07 Å². The molecule has 132 valence electrons. The van der Waals surface area contributed by atoms with Gasteiger partial charge >= 0.3 is 0 Å². The van der Waals surface area contributed by atoms with Crippen LogP contribution < -0.4 is 10.6 Å². The quantitative estimate of drug-likeness (QED) is 0.825. The van der Waals surface area contributed by atoms with Gasteiger partial charge in [-0.15, -0.1) is 0 Å². The lowest BCUT2D eigenvalue weighted by molar-refractivity contribution is -0.136. The van der Waals surface area contributed by atoms with Crippen molar-refractivity contribution in [3.8, 4) is 0 Å². The Morgan fingerprint density at radius 3 is 2.67 bits per heavy atom. The maximum atomic E-state index is 12.5. The van der Waals surface area contributed by atoms with Gasteiger partial charge in [-0.05, 0) is 32.3 Å². The van der Waals surface area contributed by atoms with Crippen LogP contribution in [0.3, 0.4) is 0 Å². The molecule has 2 aliphatic rings. The van der Waals surface area contributed by atoms with Gasteiger partial charge in [-0.1, -0.05) is 0 Å². The first-order chi connectivity index (χ1) is 11.5. The summed E-state index contributed by atoms with van der Waals surface area (Å²) in [6.07, 6.45) is 2.83. The number of rotatable bonds is 4. The van der Waals surface area contributed by atoms with Crippen molar-refractivity contribution in [1.82, 2.24) is 25.3 Å². The van der Waals surface area contributed by atoms with Crippen molar-refractivity contribution in [2.75, 3.05) is 26.2 Å². The highest BCUT2D eigenvalue weighted by molar-refractivity contribution is 5.83. The van der Waals surface area contributed by atoms with Gasteiger partial charge in [0.05, 0.1) is 29.8 Å². The molecule has 24 heavy (non-hydrogen) atoms. The van der Waals surface area contributed by atoms with E-state index in [0.717, 1.165) is 37.3 Å². The number of piperidine rings is 1. The van der Waals surface area contributed by atoms with Gasteiger partial charge < -0.3 is 15.5 Å². The molecule has 0 aliphatic carbocycles. The minimum Gasteiger partial charge on any atom is -0.350 e. The molecule has 0 aromatic carbocycles. The number of carbonyl (C=O) groups excluding carboxylic acids is 2. The summed E-state index contributed by atoms with van der Waals surface area (Å²) in [5, 5.41) is 10.5. The lowest BCUT2D eigenvalue weighted by Gasteiger charge is -2.31. The fourth-order valence-electron chi connectivity index (χ4n) is 3.68. The first kappa shape index (κ1) is 17.0. The minimum atomic E-state index is -0.148. The predicted octanol–water partition coefficient (Wildman–Crippen LogP) is 0.193. The number of likely N-dealkylation sites (tertiary alicyclic amines) is 1. The smallest absolute Gasteiger partial charge is 0.226 e. The third kappa shape index (κ3) is 3.77. The number of aryl methyl sites for hydroxylation is 2. The molecule has 3 heterocycles. The van der Waals surface area contributed by atoms with Crippen LogP contribution in [0.1, 0.15) is 30.7 Å². The van der Waals surface area contributed by atoms with E-state index in [1.54, 1.807) is 4.68 Å². The van der Waals surface area contributed by atoms with Crippen molar-refractivity contribution < 1.29 is 9.59 Å². The van der Waals surface area contributed by atoms with Crippen molar-refractivity contribution >= 4 is 11.8 Å². The van der Waals surface area contributed by atoms with E-state index < -0.39 is 0 Å². The lowest BCUT2D eigenvalue weighted by atomic mass is 9.89. The predicted molar refractivity (Wildman–Crippen MR) is 90.1 cm³/mol. The molecule has 2 amide bonds. The molecule has 2 fully saturated rings. The molecule has 0 unspecified atom stereocenters. The highest BCUT2D eigenvalue weighted by atomic mass is 16.2. The average molecular weight is 333 g/mol. The maximum absolute atomic E-state index is 12.5. The molecule has 1 aromatic heterocycles. The summed E-state index contributed by atoms with van der Waals surface area (Å²) in [5.74, 6) is -0.00351. The molecule has 7 nitrogen and oxygen atoms in total. The van der Waals surface area contributed by atoms with E-state index >= 15 is 0 Å². The van der Waals surface area contributed by atoms with Gasteiger partial charge in [0.15, 0.2) is 0 Å². The molecule has 7 heteroatoms. The third-order valence-corrected chi connectivity index (χ3v) is 5.03. The Morgan fingerprint density at radius 2 is 2.00 bits per heavy atom. The van der Waals surface area contributed by atoms with Crippen LogP contribution >= 0.6 is 0 Å². The Labute approximate surface area is 142 Å². The third-order valence-electron chi connectivity index (χ3n) is 5.03. The molecule has 0 spiro atoms. The monoisotopic (exact) mass is 333 g/mol. The number of hydrogen-bond donors (Lipinski definition) is 2. The number of aromatic nitrogens is 2. The first-order valence-electron chi connectivity index (χ1n) is 8.81. The molecular weight excluding hydrogens is 306 g/mol. The van der Waals surface area contributed by atoms with Crippen LogP contribution in [0.4, 0.5) is 0 Å². The van der Waals surface area contributed by atoms with E-state index in [0.29, 0.717) is 26.1 Å². The van der Waals surface area contributed by atoms with E-state index in [-0.39, 0.29) is 23.7 Å². The van der Waals surface area contributed by atoms with Crippen LogP contribution in [0.2, 0.25) is 0 Å². The average Bonchev–Trinajstić information content (AvgIpc) is 3.22. The largest absolute Gasteiger partial charge is 0.350 e. The van der Waals surface area contributed by atoms with Gasteiger partial charge in [0.1, 0.15) is 0 Å². The van der Waals surface area contributed by atoms with Crippen molar-refractivity contribution in [2.24, 2.45) is 18.9 Å². The second-order valence-corrected chi connectivity index (χ2v) is 6.94. The number of amides is 2. The Morgan fingerprint density at radius 1 is 1.29 bits per heavy atom. The van der Waals surface area contributed by atoms with Gasteiger partial charge in [0.25, 0.3) is 0 Å². The van der Waals surface area contributed by atoms with Crippen molar-refractivity contribution in [3.05, 3.63) is 17.5 Å². The molecule has 2 N–H and O–H groups in total. The molecule has 3 rings (SSSR count). The zero-order valence-electron chi connectivity index (χ0n) is 14.5. The van der Waals surface area contributed by atoms with Crippen LogP contribution in [0.5, 0.6) is 0 Å². The summed E-state index contributed by atoms with van der Waals surface area (Å²) in [6, 6.07) is 1.97. The Kier molecular flexibility index (Phi) is 5.18. The molecule has 2 aliphatic heterocycles. The van der Waals surface area contributed by atoms with Gasteiger partial charge in [0, 0.05) is 33.2 Å². The van der Waals surface area contributed by atoms with E-state index in [1.165, 1.54) is 0 Å². The Bertz CT molecular complexity index is 606. The number of carbonyl (C=O) groups is 2. The van der Waals surface area contributed by atoms with Gasteiger partial charge in [-0.2, -0.15) is 5.10 Å². The molecule has 2 atom stereocenters. The standard InChI is InChI=1S/C17H27N5O2/c1-12-7-15(21(2)20-12)11-19-16(23)13-8-14(10-18-9-13)17(24)22-5-3-4-6-22/h7,13-14,18H,3-6,8-11H2,1-2H3,(H,19,23)/t13-,14+/m0/s1. The topological polar surface area (TPSA) is 79.3 Å². The van der Waals surface area contributed by atoms with Gasteiger partial charge in [-0.3, -0.25) is 14.3 Å². The van der Waals surface area contributed by atoms with Gasteiger partial charge in [0.2, 0.25) is 11.8 Å². The normalized spacial score (nSPS) is 24.2. The molecule has 1 aromatic rings. The fraction of sp³-hybridized carbons (Fsp3) is 0.706. The molecule has 0 radical (unpaired) electrons. The van der Waals surface area contributed by atoms with E-state index in [4.69, 9.17) is 0 Å². The Balaban J connectivity index is 1.53. The minimum absolute atomic E-state index is 0.0141. The summed E-state index contributed by atoms with van der Waals surface area (Å²) >= 11 is 0. The second kappa shape index (κ2) is 7.34. The summed E-state index contributed by atoms with van der Waals surface area (Å²) < 4.78 is 1.79. The summed E-state index contributed by atoms with van der Waals surface area (Å²) in [4.78, 5) is 27.0. The molecule has 2 saturated heterocycles. The first-order valence-corrected chi connectivity index (χ1v) is 8.81. The zero-order chi connectivity index (χ0) is 17.1. The number of hydrogen-bond acceptors (Lipinski definition) is 4. The van der Waals surface area contributed by atoms with Crippen LogP contribution in [0, 0.1) is 18.8 Å². The molecule has 0 bridgehead atoms. The summed E-state index contributed by atoms with van der Waals surface area (Å²) in [7, 11) is 1.88. The number of nitrogens with zero attached hydrogens (tertiary/aromatic N) is 3. The van der Waals surface area contributed by atoms with Crippen LogP contribution in [0.25, 0.3) is 0 Å². The van der Waals surface area contributed by atoms with E-state index in [9.17, 15) is 9.59 Å². The van der Waals surface area contributed by atoms with Crippen LogP contribution in [-0.2, 0) is 23.2 Å². The second-order valence-electron chi connectivity index (χ2n) is 6.94. The SMILES string of the molecule is Cc1cc(CNC(=O)[C@@H]2CNC[C@H](C(=O)N3CCCC3)C2)n(C)n1. The lowest BCUT2D eigenvalue weighted by Crippen LogP contribution is -2.48. The van der Waals surface area contributed by atoms with Gasteiger partial charge in [-0.25, -0.2) is 0 Å². The molecule has 0 saturated carbocycles. The van der Waals surface area contributed by atoms with Crippen molar-refractivity contribution in [1.29, 1.82) is 0 Å². The highest BCUT2D eigenvalue weighted by Gasteiger charge is 2.33. The zero-order valence-corrected chi connectivity index (χ0v) is 14.5. The Hall–Kier alpha value is -1.89. The summed E-state index contributed by atoms with van der Waals surface area (Å²) in [5.41, 5.74) is 1.92. The van der Waals surface area contributed by atoms with E-state index in [2.05, 4.69) is 15.7 Å². The van der Waals surface area contributed by atoms with Crippen molar-refractivity contribution in [2.45, 2.75) is 32.7 Å². The van der Waals surface area contributed by atoms with Crippen molar-refractivity contribution in [3.63, 3.8) is 0 Å². The van der Waals surface area contributed by atoms with Crippen LogP contribution in [-0.4, -0.2) is 52.7 Å². The maximum Gasteiger partial charge on any atom is 0.226 e. The van der Waals surface area contributed by atoms with E-state index in [1.807, 2.05) is 24.9 Å². The molecular formula is C17H27N5O2. The number of nitrogens with one attached hydrogen (secondary N) is 2.